The van der Waals surface area contributed by atoms with Crippen LogP contribution in [0.1, 0.15) is 17.0 Å². The standard InChI is InChI=1S/C19H18FNO4/c20-9-10-21(11-18(22)23)19(24)25-12-17-15-7-3-1-5-13(15)14-6-2-4-8-16(14)17/h1-8,17H,9-12H2,(H,22,23). The molecular formula is C19H18FNO4. The fourth-order valence-corrected chi connectivity index (χ4v) is 3.19. The minimum atomic E-state index is -1.21. The van der Waals surface area contributed by atoms with Crippen molar-refractivity contribution >= 4 is 12.1 Å². The highest BCUT2D eigenvalue weighted by atomic mass is 19.1. The number of carboxylic acid groups (broad SMARTS) is 1. The van der Waals surface area contributed by atoms with Crippen molar-refractivity contribution in [1.82, 2.24) is 4.90 Å². The molecule has 2 aromatic carbocycles. The average molecular weight is 343 g/mol. The number of rotatable bonds is 6. The highest BCUT2D eigenvalue weighted by Crippen LogP contribution is 2.44. The van der Waals surface area contributed by atoms with Gasteiger partial charge in [0, 0.05) is 5.92 Å². The van der Waals surface area contributed by atoms with Gasteiger partial charge in [-0.25, -0.2) is 9.18 Å². The van der Waals surface area contributed by atoms with Gasteiger partial charge in [-0.15, -0.1) is 0 Å². The maximum Gasteiger partial charge on any atom is 0.410 e. The summed E-state index contributed by atoms with van der Waals surface area (Å²) in [5.74, 6) is -1.32. The summed E-state index contributed by atoms with van der Waals surface area (Å²) in [6.45, 7) is -1.63. The van der Waals surface area contributed by atoms with Crippen molar-refractivity contribution < 1.29 is 23.8 Å². The van der Waals surface area contributed by atoms with Crippen LogP contribution in [0, 0.1) is 0 Å². The molecule has 0 fully saturated rings. The van der Waals surface area contributed by atoms with Crippen LogP contribution in [0.3, 0.4) is 0 Å². The molecule has 25 heavy (non-hydrogen) atoms. The van der Waals surface area contributed by atoms with Gasteiger partial charge in [0.15, 0.2) is 0 Å². The fraction of sp³-hybridized carbons (Fsp3) is 0.263. The number of ether oxygens (including phenoxy) is 1. The van der Waals surface area contributed by atoms with Gasteiger partial charge in [0.25, 0.3) is 0 Å². The van der Waals surface area contributed by atoms with Crippen LogP contribution < -0.4 is 0 Å². The number of carboxylic acids is 1. The second-order valence-corrected chi connectivity index (χ2v) is 5.81. The van der Waals surface area contributed by atoms with Crippen molar-refractivity contribution in [3.63, 3.8) is 0 Å². The van der Waals surface area contributed by atoms with Gasteiger partial charge in [0.05, 0.1) is 6.54 Å². The molecule has 2 aromatic rings. The van der Waals surface area contributed by atoms with E-state index in [4.69, 9.17) is 9.84 Å². The lowest BCUT2D eigenvalue weighted by Gasteiger charge is -2.21. The van der Waals surface area contributed by atoms with Crippen molar-refractivity contribution in [2.24, 2.45) is 0 Å². The van der Waals surface area contributed by atoms with E-state index >= 15 is 0 Å². The van der Waals surface area contributed by atoms with Crippen LogP contribution in [0.5, 0.6) is 0 Å². The first-order valence-corrected chi connectivity index (χ1v) is 7.99. The van der Waals surface area contributed by atoms with Crippen LogP contribution >= 0.6 is 0 Å². The number of amides is 1. The zero-order valence-electron chi connectivity index (χ0n) is 13.5. The van der Waals surface area contributed by atoms with Gasteiger partial charge < -0.3 is 9.84 Å². The Morgan fingerprint density at radius 1 is 1.04 bits per heavy atom. The number of aliphatic carboxylic acids is 1. The molecule has 3 rings (SSSR count). The van der Waals surface area contributed by atoms with Gasteiger partial charge >= 0.3 is 12.1 Å². The molecule has 0 bridgehead atoms. The van der Waals surface area contributed by atoms with Crippen molar-refractivity contribution in [3.8, 4) is 11.1 Å². The normalized spacial score (nSPS) is 12.4. The van der Waals surface area contributed by atoms with Crippen LogP contribution in [0.25, 0.3) is 11.1 Å². The van der Waals surface area contributed by atoms with Crippen molar-refractivity contribution in [2.75, 3.05) is 26.4 Å². The predicted octanol–water partition coefficient (Wildman–Crippen LogP) is 3.29. The minimum absolute atomic E-state index is 0.0786. The molecule has 0 unspecified atom stereocenters. The third-order valence-electron chi connectivity index (χ3n) is 4.27. The van der Waals surface area contributed by atoms with E-state index < -0.39 is 25.3 Å². The topological polar surface area (TPSA) is 66.8 Å². The molecule has 1 aliphatic rings. The van der Waals surface area contributed by atoms with E-state index in [-0.39, 0.29) is 19.1 Å². The van der Waals surface area contributed by atoms with E-state index in [1.807, 2.05) is 48.5 Å². The summed E-state index contributed by atoms with van der Waals surface area (Å²) in [5.41, 5.74) is 4.33. The highest BCUT2D eigenvalue weighted by molar-refractivity contribution is 5.79. The number of nitrogens with zero attached hydrogens (tertiary/aromatic N) is 1. The van der Waals surface area contributed by atoms with E-state index in [0.717, 1.165) is 27.2 Å². The summed E-state index contributed by atoms with van der Waals surface area (Å²) < 4.78 is 17.9. The molecule has 6 heteroatoms. The van der Waals surface area contributed by atoms with Crippen LogP contribution in [0.2, 0.25) is 0 Å². The van der Waals surface area contributed by atoms with Crippen LogP contribution in [0.4, 0.5) is 9.18 Å². The molecule has 0 spiro atoms. The first kappa shape index (κ1) is 17.0. The molecule has 0 saturated heterocycles. The maximum atomic E-state index is 12.5. The summed E-state index contributed by atoms with van der Waals surface area (Å²) in [7, 11) is 0. The lowest BCUT2D eigenvalue weighted by molar-refractivity contribution is -0.138. The smallest absolute Gasteiger partial charge is 0.410 e. The van der Waals surface area contributed by atoms with Crippen LogP contribution in [-0.4, -0.2) is 48.4 Å². The predicted molar refractivity (Wildman–Crippen MR) is 90.3 cm³/mol. The second kappa shape index (κ2) is 7.34. The number of carbonyl (C=O) groups is 2. The summed E-state index contributed by atoms with van der Waals surface area (Å²) >= 11 is 0. The lowest BCUT2D eigenvalue weighted by atomic mass is 9.98. The molecule has 130 valence electrons. The molecule has 5 nitrogen and oxygen atoms in total. The van der Waals surface area contributed by atoms with Gasteiger partial charge in [-0.3, -0.25) is 9.69 Å². The third-order valence-corrected chi connectivity index (χ3v) is 4.27. The van der Waals surface area contributed by atoms with Gasteiger partial charge in [0.2, 0.25) is 0 Å². The number of fused-ring (bicyclic) bond motifs is 3. The molecule has 1 amide bonds. The summed E-state index contributed by atoms with van der Waals surface area (Å²) in [5, 5.41) is 8.83. The van der Waals surface area contributed by atoms with E-state index in [0.29, 0.717) is 0 Å². The summed E-state index contributed by atoms with van der Waals surface area (Å²) in [6, 6.07) is 15.8. The number of halogens is 1. The average Bonchev–Trinajstić information content (AvgIpc) is 2.93. The van der Waals surface area contributed by atoms with Crippen molar-refractivity contribution in [3.05, 3.63) is 59.7 Å². The Bertz CT molecular complexity index is 747. The van der Waals surface area contributed by atoms with Gasteiger partial charge in [-0.2, -0.15) is 0 Å². The van der Waals surface area contributed by atoms with Gasteiger partial charge in [-0.1, -0.05) is 48.5 Å². The van der Waals surface area contributed by atoms with E-state index in [9.17, 15) is 14.0 Å². The SMILES string of the molecule is O=C(O)CN(CCF)C(=O)OCC1c2ccccc2-c2ccccc21. The molecular weight excluding hydrogens is 325 g/mol. The molecule has 1 N–H and O–H groups in total. The monoisotopic (exact) mass is 343 g/mol. The van der Waals surface area contributed by atoms with Crippen LogP contribution in [-0.2, 0) is 9.53 Å². The fourth-order valence-electron chi connectivity index (χ4n) is 3.19. The van der Waals surface area contributed by atoms with Crippen molar-refractivity contribution in [2.45, 2.75) is 5.92 Å². The van der Waals surface area contributed by atoms with Gasteiger partial charge in [0.1, 0.15) is 19.8 Å². The van der Waals surface area contributed by atoms with Gasteiger partial charge in [-0.05, 0) is 22.3 Å². The largest absolute Gasteiger partial charge is 0.480 e. The Balaban J connectivity index is 1.77. The van der Waals surface area contributed by atoms with Crippen molar-refractivity contribution in [1.29, 1.82) is 0 Å². The van der Waals surface area contributed by atoms with E-state index in [1.165, 1.54) is 0 Å². The minimum Gasteiger partial charge on any atom is -0.480 e. The Morgan fingerprint density at radius 2 is 1.60 bits per heavy atom. The molecule has 1 aliphatic carbocycles. The zero-order valence-corrected chi connectivity index (χ0v) is 13.5. The molecule has 0 saturated carbocycles. The zero-order chi connectivity index (χ0) is 17.8. The summed E-state index contributed by atoms with van der Waals surface area (Å²) in [4.78, 5) is 23.8. The molecule has 0 aliphatic heterocycles. The lowest BCUT2D eigenvalue weighted by Crippen LogP contribution is -2.38. The molecule has 0 heterocycles. The number of hydrogen-bond donors (Lipinski definition) is 1. The quantitative estimate of drug-likeness (QED) is 0.874. The highest BCUT2D eigenvalue weighted by Gasteiger charge is 2.29. The molecule has 0 aromatic heterocycles. The Morgan fingerprint density at radius 3 is 2.12 bits per heavy atom. The third kappa shape index (κ3) is 3.47. The number of benzene rings is 2. The molecule has 0 radical (unpaired) electrons. The molecule has 0 atom stereocenters. The second-order valence-electron chi connectivity index (χ2n) is 5.81. The number of carbonyl (C=O) groups excluding carboxylic acids is 1. The van der Waals surface area contributed by atoms with Crippen LogP contribution in [0.15, 0.2) is 48.5 Å². The Hall–Kier alpha value is -2.89. The maximum absolute atomic E-state index is 12.5. The van der Waals surface area contributed by atoms with E-state index in [1.54, 1.807) is 0 Å². The Kier molecular flexibility index (Phi) is 4.97. The Labute approximate surface area is 144 Å². The summed E-state index contributed by atoms with van der Waals surface area (Å²) in [6.07, 6.45) is -0.818. The first-order valence-electron chi connectivity index (χ1n) is 7.99. The van der Waals surface area contributed by atoms with E-state index in [2.05, 4.69) is 0 Å². The number of hydrogen-bond acceptors (Lipinski definition) is 3. The number of alkyl halides is 1. The first-order chi connectivity index (χ1) is 12.1.